The molecule has 0 heterocycles. The Morgan fingerprint density at radius 3 is 2.72 bits per heavy atom. The number of nitriles is 1. The van der Waals surface area contributed by atoms with Crippen molar-refractivity contribution in [2.24, 2.45) is 0 Å². The molecule has 18 heavy (non-hydrogen) atoms. The van der Waals surface area contributed by atoms with E-state index in [4.69, 9.17) is 5.26 Å². The molecule has 0 radical (unpaired) electrons. The first kappa shape index (κ1) is 12.3. The van der Waals surface area contributed by atoms with Crippen LogP contribution in [0.25, 0.3) is 11.1 Å². The highest BCUT2D eigenvalue weighted by molar-refractivity contribution is 5.66. The van der Waals surface area contributed by atoms with Crippen molar-refractivity contribution in [3.63, 3.8) is 0 Å². The van der Waals surface area contributed by atoms with Crippen LogP contribution < -0.4 is 5.32 Å². The van der Waals surface area contributed by atoms with Gasteiger partial charge in [0.2, 0.25) is 0 Å². The Balaban J connectivity index is 2.41. The number of halogens is 1. The quantitative estimate of drug-likeness (QED) is 0.894. The van der Waals surface area contributed by atoms with Crippen LogP contribution in [-0.2, 0) is 6.54 Å². The molecular weight excluding hydrogens is 227 g/mol. The van der Waals surface area contributed by atoms with Crippen LogP contribution in [0.1, 0.15) is 11.1 Å². The van der Waals surface area contributed by atoms with E-state index in [9.17, 15) is 4.39 Å². The lowest BCUT2D eigenvalue weighted by molar-refractivity contribution is 0.627. The normalized spacial score (nSPS) is 10.1. The van der Waals surface area contributed by atoms with Crippen LogP contribution in [0.5, 0.6) is 0 Å². The van der Waals surface area contributed by atoms with Gasteiger partial charge in [0.15, 0.2) is 0 Å². The summed E-state index contributed by atoms with van der Waals surface area (Å²) in [5.41, 5.74) is 2.68. The first-order valence-electron chi connectivity index (χ1n) is 5.68. The third-order valence-corrected chi connectivity index (χ3v) is 2.72. The maximum atomic E-state index is 14.0. The Bertz CT molecular complexity index is 600. The van der Waals surface area contributed by atoms with Crippen molar-refractivity contribution >= 4 is 0 Å². The summed E-state index contributed by atoms with van der Waals surface area (Å²) >= 11 is 0. The molecule has 3 heteroatoms. The second-order valence-electron chi connectivity index (χ2n) is 4.04. The van der Waals surface area contributed by atoms with Gasteiger partial charge < -0.3 is 5.32 Å². The summed E-state index contributed by atoms with van der Waals surface area (Å²) in [6, 6.07) is 14.2. The van der Waals surface area contributed by atoms with E-state index in [2.05, 4.69) is 11.4 Å². The predicted octanol–water partition coefficient (Wildman–Crippen LogP) is 3.08. The zero-order valence-corrected chi connectivity index (χ0v) is 10.1. The number of nitrogens with zero attached hydrogens (tertiary/aromatic N) is 1. The maximum absolute atomic E-state index is 14.0. The molecule has 0 aliphatic rings. The molecule has 0 bridgehead atoms. The van der Waals surface area contributed by atoms with E-state index >= 15 is 0 Å². The van der Waals surface area contributed by atoms with Crippen LogP contribution in [0.3, 0.4) is 0 Å². The van der Waals surface area contributed by atoms with E-state index in [1.807, 2.05) is 13.1 Å². The molecule has 0 aliphatic heterocycles. The third-order valence-electron chi connectivity index (χ3n) is 2.72. The minimum atomic E-state index is -0.266. The van der Waals surface area contributed by atoms with Gasteiger partial charge in [-0.25, -0.2) is 4.39 Å². The van der Waals surface area contributed by atoms with Gasteiger partial charge in [-0.3, -0.25) is 0 Å². The van der Waals surface area contributed by atoms with Gasteiger partial charge in [-0.15, -0.1) is 0 Å². The second kappa shape index (κ2) is 5.44. The molecular formula is C15H13FN2. The van der Waals surface area contributed by atoms with Gasteiger partial charge in [0.05, 0.1) is 11.6 Å². The Hall–Kier alpha value is -2.18. The van der Waals surface area contributed by atoms with Crippen LogP contribution in [0.2, 0.25) is 0 Å². The molecule has 0 saturated heterocycles. The van der Waals surface area contributed by atoms with Crippen molar-refractivity contribution in [1.82, 2.24) is 5.32 Å². The Morgan fingerprint density at radius 1 is 1.22 bits per heavy atom. The molecule has 0 unspecified atom stereocenters. The zero-order chi connectivity index (χ0) is 13.0. The second-order valence-corrected chi connectivity index (χ2v) is 4.04. The Labute approximate surface area is 106 Å². The molecule has 90 valence electrons. The molecule has 0 aliphatic carbocycles. The summed E-state index contributed by atoms with van der Waals surface area (Å²) in [5, 5.41) is 11.8. The first-order chi connectivity index (χ1) is 8.74. The minimum absolute atomic E-state index is 0.266. The van der Waals surface area contributed by atoms with Crippen molar-refractivity contribution in [3.05, 3.63) is 59.4 Å². The molecule has 2 nitrogen and oxygen atoms in total. The first-order valence-corrected chi connectivity index (χ1v) is 5.68. The van der Waals surface area contributed by atoms with Gasteiger partial charge in [-0.2, -0.15) is 5.26 Å². The Morgan fingerprint density at radius 2 is 2.06 bits per heavy atom. The molecule has 0 atom stereocenters. The van der Waals surface area contributed by atoms with Crippen molar-refractivity contribution in [2.45, 2.75) is 6.54 Å². The topological polar surface area (TPSA) is 35.8 Å². The SMILES string of the molecule is CNCc1ccc(-c2cccc(C#N)c2)c(F)c1. The van der Waals surface area contributed by atoms with Gasteiger partial charge in [-0.05, 0) is 36.4 Å². The fourth-order valence-corrected chi connectivity index (χ4v) is 1.86. The lowest BCUT2D eigenvalue weighted by atomic mass is 10.0. The summed E-state index contributed by atoms with van der Waals surface area (Å²) in [4.78, 5) is 0. The maximum Gasteiger partial charge on any atom is 0.131 e. The molecule has 0 spiro atoms. The molecule has 0 aromatic heterocycles. The van der Waals surface area contributed by atoms with E-state index in [1.165, 1.54) is 6.07 Å². The largest absolute Gasteiger partial charge is 0.316 e. The molecule has 0 saturated carbocycles. The molecule has 2 aromatic rings. The number of hydrogen-bond acceptors (Lipinski definition) is 2. The zero-order valence-electron chi connectivity index (χ0n) is 10.1. The van der Waals surface area contributed by atoms with Crippen LogP contribution in [0.4, 0.5) is 4.39 Å². The lowest BCUT2D eigenvalue weighted by Crippen LogP contribution is -2.05. The van der Waals surface area contributed by atoms with Gasteiger partial charge in [0.25, 0.3) is 0 Å². The fourth-order valence-electron chi connectivity index (χ4n) is 1.86. The summed E-state index contributed by atoms with van der Waals surface area (Å²) < 4.78 is 14.0. The molecule has 2 aromatic carbocycles. The fraction of sp³-hybridized carbons (Fsp3) is 0.133. The van der Waals surface area contributed by atoms with E-state index in [0.717, 1.165) is 11.1 Å². The summed E-state index contributed by atoms with van der Waals surface area (Å²) in [7, 11) is 1.82. The average Bonchev–Trinajstić information content (AvgIpc) is 2.39. The standard InChI is InChI=1S/C15H13FN2/c1-18-10-12-5-6-14(15(16)8-12)13-4-2-3-11(7-13)9-17/h2-8,18H,10H2,1H3. The van der Waals surface area contributed by atoms with Gasteiger partial charge in [-0.1, -0.05) is 24.3 Å². The van der Waals surface area contributed by atoms with E-state index in [1.54, 1.807) is 30.3 Å². The highest BCUT2D eigenvalue weighted by Gasteiger charge is 2.06. The monoisotopic (exact) mass is 240 g/mol. The van der Waals surface area contributed by atoms with Crippen LogP contribution >= 0.6 is 0 Å². The van der Waals surface area contributed by atoms with Gasteiger partial charge in [0.1, 0.15) is 5.82 Å². The van der Waals surface area contributed by atoms with E-state index in [0.29, 0.717) is 17.7 Å². The van der Waals surface area contributed by atoms with Crippen molar-refractivity contribution in [1.29, 1.82) is 5.26 Å². The summed E-state index contributed by atoms with van der Waals surface area (Å²) in [5.74, 6) is -0.266. The molecule has 0 amide bonds. The molecule has 1 N–H and O–H groups in total. The lowest BCUT2D eigenvalue weighted by Gasteiger charge is -2.06. The van der Waals surface area contributed by atoms with Gasteiger partial charge in [0, 0.05) is 12.1 Å². The summed E-state index contributed by atoms with van der Waals surface area (Å²) in [6.07, 6.45) is 0. The van der Waals surface area contributed by atoms with E-state index < -0.39 is 0 Å². The van der Waals surface area contributed by atoms with Crippen molar-refractivity contribution in [3.8, 4) is 17.2 Å². The minimum Gasteiger partial charge on any atom is -0.316 e. The van der Waals surface area contributed by atoms with E-state index in [-0.39, 0.29) is 5.82 Å². The highest BCUT2D eigenvalue weighted by Crippen LogP contribution is 2.24. The predicted molar refractivity (Wildman–Crippen MR) is 69.3 cm³/mol. The van der Waals surface area contributed by atoms with Gasteiger partial charge >= 0.3 is 0 Å². The number of benzene rings is 2. The van der Waals surface area contributed by atoms with Crippen LogP contribution in [0, 0.1) is 17.1 Å². The highest BCUT2D eigenvalue weighted by atomic mass is 19.1. The van der Waals surface area contributed by atoms with Crippen LogP contribution in [0.15, 0.2) is 42.5 Å². The van der Waals surface area contributed by atoms with Crippen LogP contribution in [-0.4, -0.2) is 7.05 Å². The number of rotatable bonds is 3. The number of hydrogen-bond donors (Lipinski definition) is 1. The van der Waals surface area contributed by atoms with Crippen molar-refractivity contribution in [2.75, 3.05) is 7.05 Å². The average molecular weight is 240 g/mol. The molecule has 2 rings (SSSR count). The van der Waals surface area contributed by atoms with Crippen molar-refractivity contribution < 1.29 is 4.39 Å². The smallest absolute Gasteiger partial charge is 0.131 e. The number of nitrogens with one attached hydrogen (secondary N) is 1. The Kier molecular flexibility index (Phi) is 3.71. The molecule has 0 fully saturated rings. The third kappa shape index (κ3) is 2.55. The summed E-state index contributed by atoms with van der Waals surface area (Å²) in [6.45, 7) is 0.634.